The first-order chi connectivity index (χ1) is 4.20. The average molecular weight is 149 g/mol. The Hall–Kier alpha value is 0.210. The van der Waals surface area contributed by atoms with Gasteiger partial charge in [0.05, 0.1) is 5.50 Å². The van der Waals surface area contributed by atoms with Crippen molar-refractivity contribution >= 4 is 11.6 Å². The molecule has 1 heterocycles. The molecule has 1 fully saturated rings. The molecular weight excluding hydrogens is 136 g/mol. The molecule has 0 radical (unpaired) electrons. The van der Waals surface area contributed by atoms with Gasteiger partial charge in [-0.05, 0) is 20.0 Å². The van der Waals surface area contributed by atoms with Crippen molar-refractivity contribution in [2.24, 2.45) is 11.7 Å². The zero-order chi connectivity index (χ0) is 6.85. The standard InChI is InChI=1S/C6H13ClN2/c1-9-3-2-5(4-9)6(7)8/h5-6H,2-4,8H2,1H3. The third kappa shape index (κ3) is 1.81. The number of hydrogen-bond donors (Lipinski definition) is 1. The van der Waals surface area contributed by atoms with Crippen molar-refractivity contribution in [1.29, 1.82) is 0 Å². The van der Waals surface area contributed by atoms with Crippen molar-refractivity contribution in [3.8, 4) is 0 Å². The SMILES string of the molecule is CN1CCC(C(N)Cl)C1. The van der Waals surface area contributed by atoms with Crippen LogP contribution >= 0.6 is 11.6 Å². The maximum absolute atomic E-state index is 5.70. The van der Waals surface area contributed by atoms with Crippen molar-refractivity contribution in [2.45, 2.75) is 11.9 Å². The van der Waals surface area contributed by atoms with Gasteiger partial charge >= 0.3 is 0 Å². The predicted molar refractivity (Wildman–Crippen MR) is 39.4 cm³/mol. The van der Waals surface area contributed by atoms with Gasteiger partial charge in [-0.3, -0.25) is 0 Å². The van der Waals surface area contributed by atoms with Gasteiger partial charge in [0.1, 0.15) is 0 Å². The van der Waals surface area contributed by atoms with Crippen LogP contribution in [0.15, 0.2) is 0 Å². The van der Waals surface area contributed by atoms with Gasteiger partial charge in [-0.15, -0.1) is 11.6 Å². The van der Waals surface area contributed by atoms with Crippen molar-refractivity contribution < 1.29 is 0 Å². The largest absolute Gasteiger partial charge is 0.315 e. The fourth-order valence-electron chi connectivity index (χ4n) is 1.23. The number of halogens is 1. The van der Waals surface area contributed by atoms with Gasteiger partial charge in [-0.1, -0.05) is 0 Å². The van der Waals surface area contributed by atoms with E-state index in [9.17, 15) is 0 Å². The molecule has 0 aliphatic carbocycles. The molecule has 2 nitrogen and oxygen atoms in total. The normalized spacial score (nSPS) is 33.0. The van der Waals surface area contributed by atoms with Gasteiger partial charge in [0.2, 0.25) is 0 Å². The van der Waals surface area contributed by atoms with Crippen LogP contribution in [0.4, 0.5) is 0 Å². The Morgan fingerprint density at radius 2 is 2.44 bits per heavy atom. The maximum atomic E-state index is 5.70. The second-order valence-electron chi connectivity index (χ2n) is 2.76. The van der Waals surface area contributed by atoms with E-state index < -0.39 is 0 Å². The fraction of sp³-hybridized carbons (Fsp3) is 1.00. The highest BCUT2D eigenvalue weighted by molar-refractivity contribution is 6.20. The number of alkyl halides is 1. The van der Waals surface area contributed by atoms with Gasteiger partial charge in [0.25, 0.3) is 0 Å². The Morgan fingerprint density at radius 3 is 2.67 bits per heavy atom. The second-order valence-corrected chi connectivity index (χ2v) is 3.26. The minimum Gasteiger partial charge on any atom is -0.315 e. The Morgan fingerprint density at radius 1 is 1.78 bits per heavy atom. The summed E-state index contributed by atoms with van der Waals surface area (Å²) in [6.45, 7) is 2.20. The molecule has 1 aliphatic rings. The van der Waals surface area contributed by atoms with E-state index >= 15 is 0 Å². The van der Waals surface area contributed by atoms with E-state index in [4.69, 9.17) is 17.3 Å². The molecule has 0 spiro atoms. The predicted octanol–water partition coefficient (Wildman–Crippen LogP) is 0.462. The molecule has 54 valence electrons. The van der Waals surface area contributed by atoms with Crippen molar-refractivity contribution in [3.05, 3.63) is 0 Å². The Kier molecular flexibility index (Phi) is 2.33. The Balaban J connectivity index is 2.30. The van der Waals surface area contributed by atoms with Crippen molar-refractivity contribution in [2.75, 3.05) is 20.1 Å². The molecular formula is C6H13ClN2. The maximum Gasteiger partial charge on any atom is 0.0841 e. The molecule has 3 heteroatoms. The van der Waals surface area contributed by atoms with Crippen LogP contribution in [0.1, 0.15) is 6.42 Å². The quantitative estimate of drug-likeness (QED) is 0.433. The van der Waals surface area contributed by atoms with E-state index in [1.807, 2.05) is 0 Å². The number of likely N-dealkylation sites (tertiary alicyclic amines) is 1. The number of rotatable bonds is 1. The minimum atomic E-state index is -0.144. The summed E-state index contributed by atoms with van der Waals surface area (Å²) in [5.74, 6) is 0.511. The molecule has 2 atom stereocenters. The summed E-state index contributed by atoms with van der Waals surface area (Å²) in [5, 5.41) is 0. The summed E-state index contributed by atoms with van der Waals surface area (Å²) in [7, 11) is 2.10. The van der Waals surface area contributed by atoms with Gasteiger partial charge in [-0.25, -0.2) is 0 Å². The van der Waals surface area contributed by atoms with Crippen molar-refractivity contribution in [3.63, 3.8) is 0 Å². The molecule has 0 aromatic rings. The molecule has 0 saturated carbocycles. The summed E-state index contributed by atoms with van der Waals surface area (Å²) < 4.78 is 0. The van der Waals surface area contributed by atoms with E-state index in [0.29, 0.717) is 5.92 Å². The van der Waals surface area contributed by atoms with Crippen LogP contribution in [0.3, 0.4) is 0 Å². The summed E-state index contributed by atoms with van der Waals surface area (Å²) in [6.07, 6.45) is 1.15. The van der Waals surface area contributed by atoms with Gasteiger partial charge in [0.15, 0.2) is 0 Å². The van der Waals surface area contributed by atoms with Gasteiger partial charge in [0, 0.05) is 12.5 Å². The first-order valence-corrected chi connectivity index (χ1v) is 3.72. The molecule has 0 aromatic heterocycles. The van der Waals surface area contributed by atoms with E-state index in [2.05, 4.69) is 11.9 Å². The highest BCUT2D eigenvalue weighted by Gasteiger charge is 2.23. The summed E-state index contributed by atoms with van der Waals surface area (Å²) in [6, 6.07) is 0. The van der Waals surface area contributed by atoms with Gasteiger partial charge < -0.3 is 10.6 Å². The lowest BCUT2D eigenvalue weighted by Gasteiger charge is -2.11. The highest BCUT2D eigenvalue weighted by Crippen LogP contribution is 2.18. The second kappa shape index (κ2) is 2.86. The van der Waals surface area contributed by atoms with Crippen LogP contribution in [-0.2, 0) is 0 Å². The third-order valence-corrected chi connectivity index (χ3v) is 2.23. The first-order valence-electron chi connectivity index (χ1n) is 3.28. The summed E-state index contributed by atoms with van der Waals surface area (Å²) >= 11 is 5.70. The third-order valence-electron chi connectivity index (χ3n) is 1.88. The monoisotopic (exact) mass is 148 g/mol. The van der Waals surface area contributed by atoms with Gasteiger partial charge in [-0.2, -0.15) is 0 Å². The van der Waals surface area contributed by atoms with Crippen molar-refractivity contribution in [1.82, 2.24) is 4.90 Å². The molecule has 9 heavy (non-hydrogen) atoms. The van der Waals surface area contributed by atoms with E-state index in [0.717, 1.165) is 19.5 Å². The first kappa shape index (κ1) is 7.32. The molecule has 2 N–H and O–H groups in total. The minimum absolute atomic E-state index is 0.144. The molecule has 1 saturated heterocycles. The van der Waals surface area contributed by atoms with Crippen LogP contribution in [0.5, 0.6) is 0 Å². The van der Waals surface area contributed by atoms with Crippen LogP contribution in [0, 0.1) is 5.92 Å². The molecule has 0 aromatic carbocycles. The molecule has 1 aliphatic heterocycles. The van der Waals surface area contributed by atoms with Crippen LogP contribution < -0.4 is 5.73 Å². The lowest BCUT2D eigenvalue weighted by molar-refractivity contribution is 0.391. The number of nitrogens with two attached hydrogens (primary N) is 1. The van der Waals surface area contributed by atoms with Crippen LogP contribution in [-0.4, -0.2) is 30.5 Å². The van der Waals surface area contributed by atoms with Crippen LogP contribution in [0.25, 0.3) is 0 Å². The average Bonchev–Trinajstić information content (AvgIpc) is 2.14. The summed E-state index contributed by atoms with van der Waals surface area (Å²) in [4.78, 5) is 2.26. The topological polar surface area (TPSA) is 29.3 Å². The zero-order valence-corrected chi connectivity index (χ0v) is 6.43. The molecule has 2 unspecified atom stereocenters. The van der Waals surface area contributed by atoms with E-state index in [-0.39, 0.29) is 5.50 Å². The smallest absolute Gasteiger partial charge is 0.0841 e. The Bertz CT molecular complexity index is 95.1. The lowest BCUT2D eigenvalue weighted by Crippen LogP contribution is -2.26. The lowest BCUT2D eigenvalue weighted by atomic mass is 10.1. The van der Waals surface area contributed by atoms with Crippen LogP contribution in [0.2, 0.25) is 0 Å². The number of hydrogen-bond acceptors (Lipinski definition) is 2. The highest BCUT2D eigenvalue weighted by atomic mass is 35.5. The number of nitrogens with zero attached hydrogens (tertiary/aromatic N) is 1. The zero-order valence-electron chi connectivity index (χ0n) is 5.68. The van der Waals surface area contributed by atoms with E-state index in [1.54, 1.807) is 0 Å². The Labute approximate surface area is 61.0 Å². The van der Waals surface area contributed by atoms with E-state index in [1.165, 1.54) is 0 Å². The molecule has 0 amide bonds. The fourth-order valence-corrected chi connectivity index (χ4v) is 1.43. The summed E-state index contributed by atoms with van der Waals surface area (Å²) in [5.41, 5.74) is 5.36. The molecule has 0 bridgehead atoms. The molecule has 1 rings (SSSR count).